The molecule has 1 aliphatic rings. The molecule has 2 atom stereocenters. The number of hydrogen-bond donors (Lipinski definition) is 1. The van der Waals surface area contributed by atoms with E-state index >= 15 is 0 Å². The van der Waals surface area contributed by atoms with E-state index in [9.17, 15) is 0 Å². The van der Waals surface area contributed by atoms with Gasteiger partial charge in [0.05, 0.1) is 23.7 Å². The molecule has 178 valence electrons. The molecule has 0 unspecified atom stereocenters. The normalized spacial score (nSPS) is 18.1. The molecular formula is C29H31N5O. The standard InChI is InChI=1S/C29H31N5O/c1-18-13-27(32-26-15-23(35-3)9-11-24(18)26)34(22-8-7-21(30)14-22)17-20-16-33(2)29-25(20)10-6-19-5-4-12-31-28(19)29/h4-6,9-13,15-16,21-22H,7-8,14,17,30H2,1-3H3/t21-,22-/m0/s1. The first-order chi connectivity index (χ1) is 17.0. The Bertz CT molecular complexity index is 1560. The molecule has 2 N–H and O–H groups in total. The van der Waals surface area contributed by atoms with Gasteiger partial charge in [-0.3, -0.25) is 4.98 Å². The van der Waals surface area contributed by atoms with Gasteiger partial charge in [-0.25, -0.2) is 4.98 Å². The van der Waals surface area contributed by atoms with Crippen LogP contribution in [0.5, 0.6) is 5.75 Å². The minimum atomic E-state index is 0.241. The third-order valence-electron chi connectivity index (χ3n) is 7.53. The van der Waals surface area contributed by atoms with E-state index < -0.39 is 0 Å². The molecule has 6 rings (SSSR count). The summed E-state index contributed by atoms with van der Waals surface area (Å²) < 4.78 is 7.69. The van der Waals surface area contributed by atoms with Crippen molar-refractivity contribution in [2.45, 2.75) is 44.8 Å². The summed E-state index contributed by atoms with van der Waals surface area (Å²) in [5.74, 6) is 1.82. The largest absolute Gasteiger partial charge is 0.497 e. The highest BCUT2D eigenvalue weighted by molar-refractivity contribution is 6.04. The van der Waals surface area contributed by atoms with Crippen LogP contribution in [0.25, 0.3) is 32.7 Å². The lowest BCUT2D eigenvalue weighted by Crippen LogP contribution is -2.35. The lowest BCUT2D eigenvalue weighted by molar-refractivity contribution is 0.415. The molecule has 5 aromatic rings. The van der Waals surface area contributed by atoms with Crippen LogP contribution in [-0.2, 0) is 13.6 Å². The fraction of sp³-hybridized carbons (Fsp3) is 0.310. The van der Waals surface area contributed by atoms with Crippen molar-refractivity contribution in [2.24, 2.45) is 12.8 Å². The van der Waals surface area contributed by atoms with Crippen molar-refractivity contribution in [3.63, 3.8) is 0 Å². The molecule has 6 heteroatoms. The predicted molar refractivity (Wildman–Crippen MR) is 143 cm³/mol. The highest BCUT2D eigenvalue weighted by atomic mass is 16.5. The molecule has 0 saturated heterocycles. The zero-order chi connectivity index (χ0) is 24.1. The van der Waals surface area contributed by atoms with Gasteiger partial charge in [0.2, 0.25) is 0 Å². The highest BCUT2D eigenvalue weighted by Gasteiger charge is 2.29. The predicted octanol–water partition coefficient (Wildman–Crippen LogP) is 5.48. The van der Waals surface area contributed by atoms with Gasteiger partial charge in [-0.1, -0.05) is 18.2 Å². The van der Waals surface area contributed by atoms with E-state index in [1.807, 2.05) is 24.4 Å². The molecule has 0 radical (unpaired) electrons. The van der Waals surface area contributed by atoms with Gasteiger partial charge in [-0.15, -0.1) is 0 Å². The van der Waals surface area contributed by atoms with E-state index in [0.29, 0.717) is 6.04 Å². The monoisotopic (exact) mass is 465 g/mol. The Hall–Kier alpha value is -3.64. The third kappa shape index (κ3) is 3.78. The first-order valence-electron chi connectivity index (χ1n) is 12.3. The van der Waals surface area contributed by atoms with Crippen molar-refractivity contribution in [1.82, 2.24) is 14.5 Å². The van der Waals surface area contributed by atoms with Crippen LogP contribution in [0, 0.1) is 6.92 Å². The van der Waals surface area contributed by atoms with Crippen molar-refractivity contribution < 1.29 is 4.74 Å². The molecule has 1 aliphatic carbocycles. The fourth-order valence-corrected chi connectivity index (χ4v) is 5.73. The zero-order valence-corrected chi connectivity index (χ0v) is 20.5. The third-order valence-corrected chi connectivity index (χ3v) is 7.53. The topological polar surface area (TPSA) is 69.2 Å². The summed E-state index contributed by atoms with van der Waals surface area (Å²) >= 11 is 0. The SMILES string of the molecule is COc1ccc2c(C)cc(N(Cc3cn(C)c4c3ccc3cccnc34)[C@H]3CC[C@H](N)C3)nc2c1. The molecule has 2 aromatic carbocycles. The Morgan fingerprint density at radius 2 is 1.97 bits per heavy atom. The van der Waals surface area contributed by atoms with Crippen molar-refractivity contribution in [2.75, 3.05) is 12.0 Å². The number of anilines is 1. The van der Waals surface area contributed by atoms with Crippen molar-refractivity contribution >= 4 is 38.5 Å². The number of fused-ring (bicyclic) bond motifs is 4. The lowest BCUT2D eigenvalue weighted by atomic mass is 10.1. The van der Waals surface area contributed by atoms with E-state index in [2.05, 4.69) is 60.0 Å². The summed E-state index contributed by atoms with van der Waals surface area (Å²) in [6.45, 7) is 2.93. The summed E-state index contributed by atoms with van der Waals surface area (Å²) in [6, 6.07) is 17.5. The van der Waals surface area contributed by atoms with Gasteiger partial charge in [0.1, 0.15) is 11.6 Å². The van der Waals surface area contributed by atoms with Crippen molar-refractivity contribution in [3.05, 3.63) is 72.1 Å². The van der Waals surface area contributed by atoms with E-state index in [0.717, 1.165) is 59.2 Å². The van der Waals surface area contributed by atoms with Gasteiger partial charge in [0.15, 0.2) is 0 Å². The van der Waals surface area contributed by atoms with Crippen LogP contribution in [0.4, 0.5) is 5.82 Å². The van der Waals surface area contributed by atoms with Crippen LogP contribution in [0.15, 0.2) is 60.9 Å². The Morgan fingerprint density at radius 3 is 2.77 bits per heavy atom. The van der Waals surface area contributed by atoms with Gasteiger partial charge in [0.25, 0.3) is 0 Å². The number of pyridine rings is 2. The average Bonchev–Trinajstić information content (AvgIpc) is 3.44. The van der Waals surface area contributed by atoms with E-state index in [1.54, 1.807) is 7.11 Å². The maximum atomic E-state index is 6.37. The molecule has 0 spiro atoms. The first-order valence-corrected chi connectivity index (χ1v) is 12.3. The number of nitrogens with zero attached hydrogens (tertiary/aromatic N) is 4. The molecule has 3 heterocycles. The number of methoxy groups -OCH3 is 1. The quantitative estimate of drug-likeness (QED) is 0.372. The van der Waals surface area contributed by atoms with Gasteiger partial charge >= 0.3 is 0 Å². The number of ether oxygens (including phenoxy) is 1. The number of benzene rings is 2. The number of rotatable bonds is 5. The second kappa shape index (κ2) is 8.54. The summed E-state index contributed by atoms with van der Waals surface area (Å²) in [5.41, 5.74) is 12.0. The maximum absolute atomic E-state index is 6.37. The molecule has 1 saturated carbocycles. The zero-order valence-electron chi connectivity index (χ0n) is 20.5. The number of aromatic nitrogens is 3. The van der Waals surface area contributed by atoms with E-state index in [1.165, 1.54) is 22.0 Å². The molecule has 0 aliphatic heterocycles. The Morgan fingerprint density at radius 1 is 1.11 bits per heavy atom. The minimum absolute atomic E-state index is 0.241. The van der Waals surface area contributed by atoms with Crippen LogP contribution in [0.2, 0.25) is 0 Å². The summed E-state index contributed by atoms with van der Waals surface area (Å²) in [7, 11) is 3.81. The van der Waals surface area contributed by atoms with Gasteiger partial charge in [-0.2, -0.15) is 0 Å². The van der Waals surface area contributed by atoms with Gasteiger partial charge in [-0.05, 0) is 61.6 Å². The first kappa shape index (κ1) is 21.9. The highest BCUT2D eigenvalue weighted by Crippen LogP contribution is 2.34. The Kier molecular flexibility index (Phi) is 5.33. The molecule has 1 fully saturated rings. The van der Waals surface area contributed by atoms with E-state index in [-0.39, 0.29) is 6.04 Å². The van der Waals surface area contributed by atoms with Gasteiger partial charge < -0.3 is 19.9 Å². The number of hydrogen-bond acceptors (Lipinski definition) is 5. The van der Waals surface area contributed by atoms with Crippen LogP contribution in [0.3, 0.4) is 0 Å². The lowest BCUT2D eigenvalue weighted by Gasteiger charge is -2.31. The molecule has 35 heavy (non-hydrogen) atoms. The van der Waals surface area contributed by atoms with Crippen LogP contribution < -0.4 is 15.4 Å². The summed E-state index contributed by atoms with van der Waals surface area (Å²) in [6.07, 6.45) is 7.22. The van der Waals surface area contributed by atoms with Crippen LogP contribution in [-0.4, -0.2) is 33.7 Å². The van der Waals surface area contributed by atoms with E-state index in [4.69, 9.17) is 20.4 Å². The number of nitrogens with two attached hydrogens (primary N) is 1. The second-order valence-electron chi connectivity index (χ2n) is 9.84. The Balaban J connectivity index is 1.48. The molecule has 3 aromatic heterocycles. The molecule has 0 amide bonds. The second-order valence-corrected chi connectivity index (χ2v) is 9.84. The smallest absolute Gasteiger partial charge is 0.130 e. The number of aryl methyl sites for hydroxylation is 2. The molecule has 0 bridgehead atoms. The molecular weight excluding hydrogens is 434 g/mol. The minimum Gasteiger partial charge on any atom is -0.497 e. The average molecular weight is 466 g/mol. The van der Waals surface area contributed by atoms with Gasteiger partial charge in [0, 0.05) is 60.3 Å². The summed E-state index contributed by atoms with van der Waals surface area (Å²) in [5, 5.41) is 3.55. The molecule has 6 nitrogen and oxygen atoms in total. The van der Waals surface area contributed by atoms with Crippen molar-refractivity contribution in [1.29, 1.82) is 0 Å². The summed E-state index contributed by atoms with van der Waals surface area (Å²) in [4.78, 5) is 12.3. The van der Waals surface area contributed by atoms with Crippen LogP contribution in [0.1, 0.15) is 30.4 Å². The Labute approximate surface area is 205 Å². The van der Waals surface area contributed by atoms with Crippen molar-refractivity contribution in [3.8, 4) is 5.75 Å². The fourth-order valence-electron chi connectivity index (χ4n) is 5.73. The maximum Gasteiger partial charge on any atom is 0.130 e. The van der Waals surface area contributed by atoms with Crippen LogP contribution >= 0.6 is 0 Å².